The maximum Gasteiger partial charge on any atom is 0.255 e. The molecule has 2 atom stereocenters. The highest BCUT2D eigenvalue weighted by atomic mass is 16.1. The van der Waals surface area contributed by atoms with Crippen LogP contribution in [0.1, 0.15) is 43.5 Å². The van der Waals surface area contributed by atoms with E-state index in [1.165, 1.54) is 6.42 Å². The van der Waals surface area contributed by atoms with Crippen molar-refractivity contribution < 1.29 is 4.79 Å². The van der Waals surface area contributed by atoms with Gasteiger partial charge in [-0.25, -0.2) is 0 Å². The van der Waals surface area contributed by atoms with Gasteiger partial charge in [0.25, 0.3) is 5.91 Å². The Hall–Kier alpha value is -1.58. The number of anilines is 1. The number of nitrogens with one attached hydrogen (secondary N) is 2. The van der Waals surface area contributed by atoms with Crippen molar-refractivity contribution in [3.8, 4) is 0 Å². The van der Waals surface area contributed by atoms with Crippen LogP contribution in [0.5, 0.6) is 0 Å². The number of pyridine rings is 1. The van der Waals surface area contributed by atoms with Crippen molar-refractivity contribution in [2.75, 3.05) is 11.9 Å². The molecule has 1 heterocycles. The normalized spacial score (nSPS) is 22.8. The summed E-state index contributed by atoms with van der Waals surface area (Å²) in [6.07, 6.45) is 6.71. The molecule has 98 valence electrons. The van der Waals surface area contributed by atoms with Crippen LogP contribution in [0.15, 0.2) is 18.5 Å². The molecule has 0 aromatic carbocycles. The lowest BCUT2D eigenvalue weighted by Gasteiger charge is -2.14. The lowest BCUT2D eigenvalue weighted by atomic mass is 10.1. The van der Waals surface area contributed by atoms with E-state index in [0.717, 1.165) is 31.0 Å². The number of aromatic nitrogens is 1. The molecule has 2 unspecified atom stereocenters. The van der Waals surface area contributed by atoms with Gasteiger partial charge in [0.05, 0.1) is 11.3 Å². The van der Waals surface area contributed by atoms with Gasteiger partial charge in [0.15, 0.2) is 0 Å². The van der Waals surface area contributed by atoms with Crippen molar-refractivity contribution in [3.05, 3.63) is 24.0 Å². The summed E-state index contributed by atoms with van der Waals surface area (Å²) in [6.45, 7) is 5.05. The van der Waals surface area contributed by atoms with Crippen LogP contribution in [0.3, 0.4) is 0 Å². The monoisotopic (exact) mass is 247 g/mol. The van der Waals surface area contributed by atoms with Crippen molar-refractivity contribution in [2.24, 2.45) is 5.92 Å². The molecule has 1 amide bonds. The van der Waals surface area contributed by atoms with Crippen molar-refractivity contribution >= 4 is 11.6 Å². The maximum atomic E-state index is 12.2. The van der Waals surface area contributed by atoms with E-state index in [1.54, 1.807) is 12.4 Å². The van der Waals surface area contributed by atoms with Gasteiger partial charge in [0, 0.05) is 25.0 Å². The molecule has 0 saturated heterocycles. The number of carbonyl (C=O) groups is 1. The zero-order valence-electron chi connectivity index (χ0n) is 11.1. The maximum absolute atomic E-state index is 12.2. The Morgan fingerprint density at radius 2 is 2.33 bits per heavy atom. The van der Waals surface area contributed by atoms with Gasteiger partial charge >= 0.3 is 0 Å². The van der Waals surface area contributed by atoms with Crippen molar-refractivity contribution in [1.29, 1.82) is 0 Å². The van der Waals surface area contributed by atoms with Crippen LogP contribution < -0.4 is 10.6 Å². The van der Waals surface area contributed by atoms with Gasteiger partial charge < -0.3 is 10.6 Å². The number of rotatable bonds is 4. The molecule has 1 saturated carbocycles. The molecule has 0 bridgehead atoms. The summed E-state index contributed by atoms with van der Waals surface area (Å²) in [5.74, 6) is 0.704. The quantitative estimate of drug-likeness (QED) is 0.859. The molecule has 4 nitrogen and oxygen atoms in total. The van der Waals surface area contributed by atoms with Gasteiger partial charge in [-0.3, -0.25) is 9.78 Å². The molecule has 1 aromatic rings. The minimum atomic E-state index is -0.0156. The first-order valence-electron chi connectivity index (χ1n) is 6.69. The summed E-state index contributed by atoms with van der Waals surface area (Å²) in [5.41, 5.74) is 1.50. The Morgan fingerprint density at radius 1 is 1.50 bits per heavy atom. The average Bonchev–Trinajstić information content (AvgIpc) is 2.76. The molecule has 1 fully saturated rings. The Labute approximate surface area is 108 Å². The fourth-order valence-corrected chi connectivity index (χ4v) is 2.52. The lowest BCUT2D eigenvalue weighted by molar-refractivity contribution is 0.0938. The summed E-state index contributed by atoms with van der Waals surface area (Å²) in [5, 5.41) is 6.30. The van der Waals surface area contributed by atoms with E-state index in [9.17, 15) is 4.79 Å². The highest BCUT2D eigenvalue weighted by molar-refractivity contribution is 5.99. The highest BCUT2D eigenvalue weighted by Crippen LogP contribution is 2.25. The standard InChI is InChI=1S/C14H21N3O/c1-3-16-13-6-7-15-9-12(13)14(18)17-11-5-4-10(2)8-11/h6-7,9-11H,3-5,8H2,1-2H3,(H,15,16)(H,17,18). The number of amides is 1. The van der Waals surface area contributed by atoms with Crippen LogP contribution in [0.2, 0.25) is 0 Å². The third-order valence-corrected chi connectivity index (χ3v) is 3.46. The first kappa shape index (κ1) is 12.9. The molecule has 18 heavy (non-hydrogen) atoms. The van der Waals surface area contributed by atoms with E-state index in [1.807, 2.05) is 13.0 Å². The molecule has 1 aromatic heterocycles. The van der Waals surface area contributed by atoms with Gasteiger partial charge in [-0.1, -0.05) is 6.92 Å². The van der Waals surface area contributed by atoms with E-state index in [0.29, 0.717) is 11.6 Å². The topological polar surface area (TPSA) is 54.0 Å². The number of carbonyl (C=O) groups excluding carboxylic acids is 1. The van der Waals surface area contributed by atoms with Gasteiger partial charge in [-0.15, -0.1) is 0 Å². The van der Waals surface area contributed by atoms with Gasteiger partial charge in [-0.2, -0.15) is 0 Å². The Morgan fingerprint density at radius 3 is 3.00 bits per heavy atom. The van der Waals surface area contributed by atoms with E-state index in [2.05, 4.69) is 22.5 Å². The largest absolute Gasteiger partial charge is 0.385 e. The average molecular weight is 247 g/mol. The molecule has 2 N–H and O–H groups in total. The SMILES string of the molecule is CCNc1ccncc1C(=O)NC1CCC(C)C1. The Bertz CT molecular complexity index is 419. The summed E-state index contributed by atoms with van der Waals surface area (Å²) >= 11 is 0. The molecule has 0 radical (unpaired) electrons. The zero-order chi connectivity index (χ0) is 13.0. The molecule has 0 aliphatic heterocycles. The Kier molecular flexibility index (Phi) is 4.18. The second kappa shape index (κ2) is 5.85. The Balaban J connectivity index is 2.04. The first-order chi connectivity index (χ1) is 8.70. The number of hydrogen-bond donors (Lipinski definition) is 2. The summed E-state index contributed by atoms with van der Waals surface area (Å²) in [6, 6.07) is 2.16. The van der Waals surface area contributed by atoms with Crippen molar-refractivity contribution in [1.82, 2.24) is 10.3 Å². The molecular weight excluding hydrogens is 226 g/mol. The van der Waals surface area contributed by atoms with Crippen LogP contribution in [0, 0.1) is 5.92 Å². The second-order valence-electron chi connectivity index (χ2n) is 5.04. The molecule has 0 spiro atoms. The summed E-state index contributed by atoms with van der Waals surface area (Å²) in [4.78, 5) is 16.2. The van der Waals surface area contributed by atoms with E-state index in [-0.39, 0.29) is 5.91 Å². The lowest BCUT2D eigenvalue weighted by Crippen LogP contribution is -2.33. The van der Waals surface area contributed by atoms with Gasteiger partial charge in [0.1, 0.15) is 0 Å². The van der Waals surface area contributed by atoms with E-state index < -0.39 is 0 Å². The molecule has 4 heteroatoms. The smallest absolute Gasteiger partial charge is 0.255 e. The van der Waals surface area contributed by atoms with E-state index >= 15 is 0 Å². The molecule has 2 rings (SSSR count). The van der Waals surface area contributed by atoms with Crippen LogP contribution >= 0.6 is 0 Å². The predicted molar refractivity (Wildman–Crippen MR) is 72.7 cm³/mol. The first-order valence-corrected chi connectivity index (χ1v) is 6.69. The fraction of sp³-hybridized carbons (Fsp3) is 0.571. The molecule has 1 aliphatic rings. The van der Waals surface area contributed by atoms with Crippen LogP contribution in [0.4, 0.5) is 5.69 Å². The van der Waals surface area contributed by atoms with E-state index in [4.69, 9.17) is 0 Å². The second-order valence-corrected chi connectivity index (χ2v) is 5.04. The molecule has 1 aliphatic carbocycles. The van der Waals surface area contributed by atoms with Crippen molar-refractivity contribution in [2.45, 2.75) is 39.2 Å². The molecular formula is C14H21N3O. The minimum absolute atomic E-state index is 0.0156. The van der Waals surface area contributed by atoms with Crippen LogP contribution in [-0.4, -0.2) is 23.5 Å². The predicted octanol–water partition coefficient (Wildman–Crippen LogP) is 2.43. The van der Waals surface area contributed by atoms with Crippen LogP contribution in [-0.2, 0) is 0 Å². The third kappa shape index (κ3) is 3.00. The van der Waals surface area contributed by atoms with Crippen LogP contribution in [0.25, 0.3) is 0 Å². The zero-order valence-corrected chi connectivity index (χ0v) is 11.1. The number of nitrogens with zero attached hydrogens (tertiary/aromatic N) is 1. The minimum Gasteiger partial charge on any atom is -0.385 e. The van der Waals surface area contributed by atoms with Gasteiger partial charge in [0.2, 0.25) is 0 Å². The van der Waals surface area contributed by atoms with Crippen molar-refractivity contribution in [3.63, 3.8) is 0 Å². The summed E-state index contributed by atoms with van der Waals surface area (Å²) < 4.78 is 0. The highest BCUT2D eigenvalue weighted by Gasteiger charge is 2.23. The summed E-state index contributed by atoms with van der Waals surface area (Å²) in [7, 11) is 0. The third-order valence-electron chi connectivity index (χ3n) is 3.46. The number of hydrogen-bond acceptors (Lipinski definition) is 3. The van der Waals surface area contributed by atoms with Gasteiger partial charge in [-0.05, 0) is 38.2 Å². The fourth-order valence-electron chi connectivity index (χ4n) is 2.52.